The van der Waals surface area contributed by atoms with Crippen molar-refractivity contribution >= 4 is 0 Å². The van der Waals surface area contributed by atoms with Gasteiger partial charge in [-0.3, -0.25) is 0 Å². The zero-order chi connectivity index (χ0) is 14.4. The number of hydrogen-bond acceptors (Lipinski definition) is 4. The molecule has 0 aliphatic carbocycles. The van der Waals surface area contributed by atoms with Gasteiger partial charge in [-0.25, -0.2) is 0 Å². The average Bonchev–Trinajstić information content (AvgIpc) is 2.44. The minimum absolute atomic E-state index is 0.216. The van der Waals surface area contributed by atoms with Gasteiger partial charge in [-0.2, -0.15) is 0 Å². The molecule has 4 heteroatoms. The maximum Gasteiger partial charge on any atom is 0.187 e. The van der Waals surface area contributed by atoms with Gasteiger partial charge >= 0.3 is 0 Å². The summed E-state index contributed by atoms with van der Waals surface area (Å²) in [6, 6.07) is 7.61. The van der Waals surface area contributed by atoms with Crippen LogP contribution in [-0.2, 0) is 9.47 Å². The molecule has 0 saturated carbocycles. The number of hydrogen-bond donors (Lipinski definition) is 1. The summed E-state index contributed by atoms with van der Waals surface area (Å²) in [5, 5.41) is 9.50. The maximum atomic E-state index is 9.50. The normalized spacial score (nSPS) is 16.4. The van der Waals surface area contributed by atoms with Crippen molar-refractivity contribution in [2.24, 2.45) is 0 Å². The molecule has 2 rings (SSSR count). The van der Waals surface area contributed by atoms with E-state index in [-0.39, 0.29) is 12.9 Å². The van der Waals surface area contributed by atoms with Gasteiger partial charge in [-0.1, -0.05) is 30.0 Å². The predicted molar refractivity (Wildman–Crippen MR) is 75.3 cm³/mol. The van der Waals surface area contributed by atoms with Crippen LogP contribution in [0.1, 0.15) is 32.1 Å². The molecular formula is C16H20O4. The van der Waals surface area contributed by atoms with Gasteiger partial charge in [0.25, 0.3) is 0 Å². The molecule has 1 aromatic rings. The third-order valence-corrected chi connectivity index (χ3v) is 2.69. The maximum absolute atomic E-state index is 9.50. The molecule has 1 N–H and O–H groups in total. The SMILES string of the molecule is CC(C)(O)C#CCOc1ccccc1C1OCCCO1. The van der Waals surface area contributed by atoms with Gasteiger partial charge in [-0.05, 0) is 26.3 Å². The van der Waals surface area contributed by atoms with Crippen molar-refractivity contribution in [1.29, 1.82) is 0 Å². The van der Waals surface area contributed by atoms with E-state index < -0.39 is 5.60 Å². The lowest BCUT2D eigenvalue weighted by Gasteiger charge is -2.24. The highest BCUT2D eigenvalue weighted by molar-refractivity contribution is 5.34. The Hall–Kier alpha value is -1.54. The van der Waals surface area contributed by atoms with Crippen molar-refractivity contribution < 1.29 is 19.3 Å². The van der Waals surface area contributed by atoms with Crippen LogP contribution in [0.25, 0.3) is 0 Å². The summed E-state index contributed by atoms with van der Waals surface area (Å²) >= 11 is 0. The summed E-state index contributed by atoms with van der Waals surface area (Å²) in [7, 11) is 0. The summed E-state index contributed by atoms with van der Waals surface area (Å²) in [6.07, 6.45) is 0.540. The molecule has 0 unspecified atom stereocenters. The van der Waals surface area contributed by atoms with Gasteiger partial charge in [-0.15, -0.1) is 0 Å². The minimum atomic E-state index is -1.00. The smallest absolute Gasteiger partial charge is 0.187 e. The lowest BCUT2D eigenvalue weighted by molar-refractivity contribution is -0.183. The van der Waals surface area contributed by atoms with Crippen molar-refractivity contribution in [1.82, 2.24) is 0 Å². The lowest BCUT2D eigenvalue weighted by Crippen LogP contribution is -2.18. The molecule has 1 fully saturated rings. The Morgan fingerprint density at radius 1 is 1.30 bits per heavy atom. The third-order valence-electron chi connectivity index (χ3n) is 2.69. The highest BCUT2D eigenvalue weighted by atomic mass is 16.7. The van der Waals surface area contributed by atoms with Crippen LogP contribution >= 0.6 is 0 Å². The topological polar surface area (TPSA) is 47.9 Å². The zero-order valence-electron chi connectivity index (χ0n) is 11.9. The van der Waals surface area contributed by atoms with Gasteiger partial charge in [0.15, 0.2) is 6.29 Å². The Morgan fingerprint density at radius 2 is 2.00 bits per heavy atom. The first kappa shape index (κ1) is 14.9. The number of rotatable bonds is 3. The Kier molecular flexibility index (Phi) is 5.02. The van der Waals surface area contributed by atoms with E-state index in [4.69, 9.17) is 14.2 Å². The van der Waals surface area contributed by atoms with E-state index in [1.54, 1.807) is 13.8 Å². The second-order valence-corrected chi connectivity index (χ2v) is 5.11. The molecule has 0 aromatic heterocycles. The van der Waals surface area contributed by atoms with Gasteiger partial charge in [0, 0.05) is 5.56 Å². The Balaban J connectivity index is 2.02. The third kappa shape index (κ3) is 4.53. The van der Waals surface area contributed by atoms with E-state index in [9.17, 15) is 5.11 Å². The van der Waals surface area contributed by atoms with E-state index >= 15 is 0 Å². The van der Waals surface area contributed by atoms with Crippen LogP contribution in [0.5, 0.6) is 5.75 Å². The first-order chi connectivity index (χ1) is 9.56. The minimum Gasteiger partial charge on any atom is -0.480 e. The van der Waals surface area contributed by atoms with Crippen molar-refractivity contribution in [2.45, 2.75) is 32.2 Å². The zero-order valence-corrected chi connectivity index (χ0v) is 11.9. The lowest BCUT2D eigenvalue weighted by atomic mass is 10.1. The number of benzene rings is 1. The fourth-order valence-corrected chi connectivity index (χ4v) is 1.84. The largest absolute Gasteiger partial charge is 0.480 e. The highest BCUT2D eigenvalue weighted by Gasteiger charge is 2.20. The molecule has 4 nitrogen and oxygen atoms in total. The summed E-state index contributed by atoms with van der Waals surface area (Å²) < 4.78 is 16.8. The van der Waals surface area contributed by atoms with Crippen LogP contribution in [0.15, 0.2) is 24.3 Å². The number of para-hydroxylation sites is 1. The second-order valence-electron chi connectivity index (χ2n) is 5.11. The molecule has 1 heterocycles. The summed E-state index contributed by atoms with van der Waals surface area (Å²) in [4.78, 5) is 0. The van der Waals surface area contributed by atoms with Crippen molar-refractivity contribution in [3.8, 4) is 17.6 Å². The number of ether oxygens (including phenoxy) is 3. The van der Waals surface area contributed by atoms with Gasteiger partial charge in [0.1, 0.15) is 18.0 Å². The van der Waals surface area contributed by atoms with Crippen LogP contribution in [-0.4, -0.2) is 30.5 Å². The average molecular weight is 276 g/mol. The Bertz CT molecular complexity index is 487. The fourth-order valence-electron chi connectivity index (χ4n) is 1.84. The highest BCUT2D eigenvalue weighted by Crippen LogP contribution is 2.30. The van der Waals surface area contributed by atoms with Crippen molar-refractivity contribution in [3.63, 3.8) is 0 Å². The summed E-state index contributed by atoms with van der Waals surface area (Å²) in [6.45, 7) is 4.87. The molecule has 1 saturated heterocycles. The molecule has 1 aromatic carbocycles. The standard InChI is InChI=1S/C16H20O4/c1-16(2,17)9-5-10-18-14-8-4-3-7-13(14)15-19-11-6-12-20-15/h3-4,7-8,15,17H,6,10-12H2,1-2H3. The van der Waals surface area contributed by atoms with Gasteiger partial charge in [0.2, 0.25) is 0 Å². The van der Waals surface area contributed by atoms with E-state index in [1.807, 2.05) is 24.3 Å². The fraction of sp³-hybridized carbons (Fsp3) is 0.500. The Morgan fingerprint density at radius 3 is 2.70 bits per heavy atom. The van der Waals surface area contributed by atoms with Gasteiger partial charge < -0.3 is 19.3 Å². The first-order valence-electron chi connectivity index (χ1n) is 6.73. The predicted octanol–water partition coefficient (Wildman–Crippen LogP) is 2.28. The molecule has 0 radical (unpaired) electrons. The van der Waals surface area contributed by atoms with Crippen LogP contribution in [0.3, 0.4) is 0 Å². The monoisotopic (exact) mass is 276 g/mol. The molecule has 1 aliphatic rings. The second kappa shape index (κ2) is 6.76. The van der Waals surface area contributed by atoms with Crippen LogP contribution in [0.2, 0.25) is 0 Å². The van der Waals surface area contributed by atoms with E-state index in [1.165, 1.54) is 0 Å². The van der Waals surface area contributed by atoms with Gasteiger partial charge in [0.05, 0.1) is 13.2 Å². The first-order valence-corrected chi connectivity index (χ1v) is 6.73. The number of aliphatic hydroxyl groups is 1. The molecule has 0 amide bonds. The van der Waals surface area contributed by atoms with Crippen LogP contribution < -0.4 is 4.74 Å². The molecular weight excluding hydrogens is 256 g/mol. The molecule has 1 aliphatic heterocycles. The molecule has 0 atom stereocenters. The van der Waals surface area contributed by atoms with E-state index in [0.717, 1.165) is 12.0 Å². The summed E-state index contributed by atoms with van der Waals surface area (Å²) in [5.41, 5.74) is -0.129. The molecule has 20 heavy (non-hydrogen) atoms. The van der Waals surface area contributed by atoms with Crippen molar-refractivity contribution in [2.75, 3.05) is 19.8 Å². The van der Waals surface area contributed by atoms with E-state index in [2.05, 4.69) is 11.8 Å². The van der Waals surface area contributed by atoms with Crippen LogP contribution in [0.4, 0.5) is 0 Å². The van der Waals surface area contributed by atoms with Crippen LogP contribution in [0, 0.1) is 11.8 Å². The molecule has 0 bridgehead atoms. The molecule has 108 valence electrons. The van der Waals surface area contributed by atoms with Crippen molar-refractivity contribution in [3.05, 3.63) is 29.8 Å². The molecule has 0 spiro atoms. The Labute approximate surface area is 119 Å². The summed E-state index contributed by atoms with van der Waals surface area (Å²) in [5.74, 6) is 6.21. The van der Waals surface area contributed by atoms with E-state index in [0.29, 0.717) is 19.0 Å². The quantitative estimate of drug-likeness (QED) is 0.860.